The third-order valence-electron chi connectivity index (χ3n) is 4.73. The van der Waals surface area contributed by atoms with Gasteiger partial charge in [0.2, 0.25) is 0 Å². The van der Waals surface area contributed by atoms with E-state index in [-0.39, 0.29) is 36.1 Å². The van der Waals surface area contributed by atoms with Crippen LogP contribution in [0, 0.1) is 0 Å². The monoisotopic (exact) mass is 497 g/mol. The number of aliphatic imine (C=N–C) groups is 1. The molecule has 28 heavy (non-hydrogen) atoms. The molecule has 0 bridgehead atoms. The van der Waals surface area contributed by atoms with E-state index in [1.807, 2.05) is 0 Å². The lowest BCUT2D eigenvalue weighted by Crippen LogP contribution is -2.44. The minimum absolute atomic E-state index is 0. The van der Waals surface area contributed by atoms with E-state index in [1.165, 1.54) is 16.3 Å². The second kappa shape index (κ2) is 12.2. The number of rotatable bonds is 8. The fourth-order valence-electron chi connectivity index (χ4n) is 3.32. The van der Waals surface area contributed by atoms with Crippen LogP contribution in [0.15, 0.2) is 47.5 Å². The fourth-order valence-corrected chi connectivity index (χ4v) is 3.32. The Balaban J connectivity index is 0.00000280. The molecular formula is C22H32IN3O2. The third kappa shape index (κ3) is 6.90. The number of hydrogen-bond donors (Lipinski definition) is 2. The second-order valence-corrected chi connectivity index (χ2v) is 7.01. The average molecular weight is 497 g/mol. The maximum atomic E-state index is 5.90. The van der Waals surface area contributed by atoms with Crippen molar-refractivity contribution in [2.75, 3.05) is 32.9 Å². The van der Waals surface area contributed by atoms with Crippen LogP contribution in [0.1, 0.15) is 25.8 Å². The van der Waals surface area contributed by atoms with Crippen LogP contribution in [-0.4, -0.2) is 51.0 Å². The van der Waals surface area contributed by atoms with Crippen LogP contribution < -0.4 is 10.6 Å². The van der Waals surface area contributed by atoms with Crippen LogP contribution in [0.2, 0.25) is 0 Å². The zero-order valence-corrected chi connectivity index (χ0v) is 19.1. The van der Waals surface area contributed by atoms with Crippen molar-refractivity contribution in [3.8, 4) is 0 Å². The van der Waals surface area contributed by atoms with Gasteiger partial charge in [-0.3, -0.25) is 4.99 Å². The number of hydrogen-bond acceptors (Lipinski definition) is 3. The summed E-state index contributed by atoms with van der Waals surface area (Å²) in [6, 6.07) is 15.2. The average Bonchev–Trinajstić information content (AvgIpc) is 3.20. The van der Waals surface area contributed by atoms with Crippen molar-refractivity contribution in [3.63, 3.8) is 0 Å². The molecule has 1 fully saturated rings. The molecule has 0 aromatic heterocycles. The molecule has 1 aliphatic heterocycles. The summed E-state index contributed by atoms with van der Waals surface area (Å²) in [5.41, 5.74) is 1.34. The highest BCUT2D eigenvalue weighted by molar-refractivity contribution is 14.0. The molecule has 1 heterocycles. The summed E-state index contributed by atoms with van der Waals surface area (Å²) in [7, 11) is 0. The summed E-state index contributed by atoms with van der Waals surface area (Å²) < 4.78 is 11.2. The molecule has 0 radical (unpaired) electrons. The van der Waals surface area contributed by atoms with E-state index in [4.69, 9.17) is 14.5 Å². The van der Waals surface area contributed by atoms with Gasteiger partial charge in [0.25, 0.3) is 0 Å². The Labute approximate surface area is 185 Å². The van der Waals surface area contributed by atoms with Crippen molar-refractivity contribution in [2.45, 2.75) is 38.8 Å². The van der Waals surface area contributed by atoms with Crippen molar-refractivity contribution < 1.29 is 9.47 Å². The van der Waals surface area contributed by atoms with Crippen molar-refractivity contribution in [2.24, 2.45) is 4.99 Å². The summed E-state index contributed by atoms with van der Waals surface area (Å²) in [6.07, 6.45) is 2.15. The van der Waals surface area contributed by atoms with Crippen molar-refractivity contribution >= 4 is 40.7 Å². The first-order valence-corrected chi connectivity index (χ1v) is 9.97. The lowest BCUT2D eigenvalue weighted by molar-refractivity contribution is 0.0347. The van der Waals surface area contributed by atoms with Crippen LogP contribution in [0.25, 0.3) is 10.8 Å². The van der Waals surface area contributed by atoms with Gasteiger partial charge in [-0.15, -0.1) is 24.0 Å². The van der Waals surface area contributed by atoms with E-state index in [1.54, 1.807) is 0 Å². The van der Waals surface area contributed by atoms with Gasteiger partial charge in [-0.25, -0.2) is 0 Å². The van der Waals surface area contributed by atoms with Gasteiger partial charge in [0.15, 0.2) is 5.96 Å². The lowest BCUT2D eigenvalue weighted by atomic mass is 10.0. The van der Waals surface area contributed by atoms with Gasteiger partial charge in [0, 0.05) is 25.7 Å². The Morgan fingerprint density at radius 2 is 2.07 bits per heavy atom. The first-order valence-electron chi connectivity index (χ1n) is 9.97. The van der Waals surface area contributed by atoms with E-state index >= 15 is 0 Å². The van der Waals surface area contributed by atoms with Crippen molar-refractivity contribution in [1.29, 1.82) is 0 Å². The van der Waals surface area contributed by atoms with Gasteiger partial charge in [0.1, 0.15) is 0 Å². The molecular weight excluding hydrogens is 465 g/mol. The van der Waals surface area contributed by atoms with Crippen LogP contribution in [0.3, 0.4) is 0 Å². The first-order chi connectivity index (χ1) is 13.3. The van der Waals surface area contributed by atoms with E-state index in [0.717, 1.165) is 38.5 Å². The third-order valence-corrected chi connectivity index (χ3v) is 4.73. The number of halogens is 1. The number of nitrogens with one attached hydrogen (secondary N) is 2. The largest absolute Gasteiger partial charge is 0.379 e. The summed E-state index contributed by atoms with van der Waals surface area (Å²) in [5, 5.41) is 9.36. The molecule has 2 atom stereocenters. The van der Waals surface area contributed by atoms with Crippen LogP contribution in [0.5, 0.6) is 0 Å². The number of fused-ring (bicyclic) bond motifs is 1. The molecule has 2 unspecified atom stereocenters. The van der Waals surface area contributed by atoms with Crippen molar-refractivity contribution in [3.05, 3.63) is 48.0 Å². The van der Waals surface area contributed by atoms with E-state index < -0.39 is 0 Å². The van der Waals surface area contributed by atoms with E-state index in [0.29, 0.717) is 13.2 Å². The molecule has 5 nitrogen and oxygen atoms in total. The topological polar surface area (TPSA) is 54.9 Å². The Bertz CT molecular complexity index is 742. The van der Waals surface area contributed by atoms with E-state index in [2.05, 4.69) is 66.9 Å². The molecule has 0 saturated carbocycles. The van der Waals surface area contributed by atoms with Gasteiger partial charge in [0.05, 0.1) is 19.3 Å². The zero-order chi connectivity index (χ0) is 18.9. The molecule has 0 spiro atoms. The smallest absolute Gasteiger partial charge is 0.191 e. The lowest BCUT2D eigenvalue weighted by Gasteiger charge is -2.19. The molecule has 2 aromatic rings. The standard InChI is InChI=1S/C22H31N3O2.HI/c1-3-23-22(25-17(2)15-27-20-12-14-26-16-20)24-13-11-19-9-6-8-18-7-4-5-10-21(18)19;/h4-10,17,20H,3,11-16H2,1-2H3,(H2,23,24,25);1H. The molecule has 2 N–H and O–H groups in total. The number of benzene rings is 2. The molecule has 154 valence electrons. The van der Waals surface area contributed by atoms with Gasteiger partial charge in [-0.05, 0) is 43.0 Å². The Morgan fingerprint density at radius 1 is 1.25 bits per heavy atom. The van der Waals surface area contributed by atoms with E-state index in [9.17, 15) is 0 Å². The Kier molecular flexibility index (Phi) is 10.0. The Hall–Kier alpha value is -1.38. The zero-order valence-electron chi connectivity index (χ0n) is 16.8. The summed E-state index contributed by atoms with van der Waals surface area (Å²) >= 11 is 0. The Morgan fingerprint density at radius 3 is 2.86 bits per heavy atom. The number of guanidine groups is 1. The minimum Gasteiger partial charge on any atom is -0.379 e. The summed E-state index contributed by atoms with van der Waals surface area (Å²) in [4.78, 5) is 4.75. The summed E-state index contributed by atoms with van der Waals surface area (Å²) in [5.74, 6) is 0.844. The van der Waals surface area contributed by atoms with Gasteiger partial charge in [-0.1, -0.05) is 42.5 Å². The van der Waals surface area contributed by atoms with Gasteiger partial charge in [-0.2, -0.15) is 0 Å². The number of ether oxygens (including phenoxy) is 2. The van der Waals surface area contributed by atoms with Gasteiger partial charge >= 0.3 is 0 Å². The highest BCUT2D eigenvalue weighted by atomic mass is 127. The summed E-state index contributed by atoms with van der Waals surface area (Å²) in [6.45, 7) is 7.96. The highest BCUT2D eigenvalue weighted by Gasteiger charge is 2.17. The molecule has 2 aromatic carbocycles. The SMILES string of the molecule is CCNC(=NCCc1cccc2ccccc12)NC(C)COC1CCOC1.I. The number of nitrogens with zero attached hydrogens (tertiary/aromatic N) is 1. The minimum atomic E-state index is 0. The predicted molar refractivity (Wildman–Crippen MR) is 127 cm³/mol. The van der Waals surface area contributed by atoms with Crippen LogP contribution >= 0.6 is 24.0 Å². The van der Waals surface area contributed by atoms with Crippen molar-refractivity contribution in [1.82, 2.24) is 10.6 Å². The predicted octanol–water partition coefficient (Wildman–Crippen LogP) is 3.75. The quantitative estimate of drug-likeness (QED) is 0.332. The van der Waals surface area contributed by atoms with Gasteiger partial charge < -0.3 is 20.1 Å². The second-order valence-electron chi connectivity index (χ2n) is 7.01. The maximum Gasteiger partial charge on any atom is 0.191 e. The molecule has 1 saturated heterocycles. The fraction of sp³-hybridized carbons (Fsp3) is 0.500. The molecule has 3 rings (SSSR count). The highest BCUT2D eigenvalue weighted by Crippen LogP contribution is 2.18. The van der Waals surface area contributed by atoms with Crippen LogP contribution in [-0.2, 0) is 15.9 Å². The normalized spacial score (nSPS) is 17.9. The first kappa shape index (κ1) is 22.9. The van der Waals surface area contributed by atoms with Crippen LogP contribution in [0.4, 0.5) is 0 Å². The maximum absolute atomic E-state index is 5.90. The molecule has 0 aliphatic carbocycles. The molecule has 0 amide bonds. The molecule has 1 aliphatic rings. The molecule has 6 heteroatoms.